The number of hydrogen-bond acceptors (Lipinski definition) is 6. The van der Waals surface area contributed by atoms with Crippen LogP contribution in [0.2, 0.25) is 0 Å². The van der Waals surface area contributed by atoms with E-state index in [-0.39, 0.29) is 25.7 Å². The first kappa shape index (κ1) is 21.6. The first-order valence-corrected chi connectivity index (χ1v) is 7.99. The van der Waals surface area contributed by atoms with Gasteiger partial charge in [-0.3, -0.25) is 14.8 Å². The molecule has 0 aliphatic rings. The van der Waals surface area contributed by atoms with Crippen molar-refractivity contribution in [3.8, 4) is 11.8 Å². The predicted molar refractivity (Wildman–Crippen MR) is 93.4 cm³/mol. The maximum atomic E-state index is 12.4. The summed E-state index contributed by atoms with van der Waals surface area (Å²) in [6.07, 6.45) is 0.355. The zero-order chi connectivity index (χ0) is 19.2. The van der Waals surface area contributed by atoms with E-state index in [9.17, 15) is 9.59 Å². The molecular weight excluding hydrogens is 340 g/mol. The van der Waals surface area contributed by atoms with Gasteiger partial charge >= 0.3 is 0 Å². The maximum Gasteiger partial charge on any atom is 0.251 e. The van der Waals surface area contributed by atoms with Gasteiger partial charge in [0, 0.05) is 31.8 Å². The lowest BCUT2D eigenvalue weighted by molar-refractivity contribution is -0.129. The van der Waals surface area contributed by atoms with E-state index in [0.29, 0.717) is 18.6 Å². The molecule has 1 atom stereocenters. The summed E-state index contributed by atoms with van der Waals surface area (Å²) < 4.78 is 14.9. The lowest BCUT2D eigenvalue weighted by atomic mass is 10.1. The molecule has 8 nitrogen and oxygen atoms in total. The third-order valence-corrected chi connectivity index (χ3v) is 3.30. The molecule has 3 N–H and O–H groups in total. The molecule has 8 heteroatoms. The molecule has 1 rings (SSSR count). The van der Waals surface area contributed by atoms with Crippen molar-refractivity contribution in [2.45, 2.75) is 18.9 Å². The first-order valence-electron chi connectivity index (χ1n) is 7.99. The van der Waals surface area contributed by atoms with Crippen molar-refractivity contribution in [2.24, 2.45) is 0 Å². The van der Waals surface area contributed by atoms with Crippen molar-refractivity contribution in [1.82, 2.24) is 10.8 Å². The van der Waals surface area contributed by atoms with Crippen LogP contribution in [0.15, 0.2) is 24.3 Å². The molecule has 0 aromatic heterocycles. The van der Waals surface area contributed by atoms with E-state index in [1.54, 1.807) is 36.9 Å². The van der Waals surface area contributed by atoms with Crippen LogP contribution in [0.4, 0.5) is 0 Å². The lowest BCUT2D eigenvalue weighted by Gasteiger charge is -2.18. The molecule has 0 saturated heterocycles. The SMILES string of the molecule is COCC#Cc1ccc(C(=O)N[C@H](CCC(=O)NO)COCOC)cc1. The van der Waals surface area contributed by atoms with Gasteiger partial charge in [-0.05, 0) is 30.7 Å². The van der Waals surface area contributed by atoms with Crippen LogP contribution in [-0.2, 0) is 19.0 Å². The Labute approximate surface area is 152 Å². The van der Waals surface area contributed by atoms with Crippen molar-refractivity contribution in [1.29, 1.82) is 0 Å². The van der Waals surface area contributed by atoms with Crippen molar-refractivity contribution >= 4 is 11.8 Å². The second-order valence-corrected chi connectivity index (χ2v) is 5.33. The minimum atomic E-state index is -0.532. The molecule has 142 valence electrons. The fourth-order valence-electron chi connectivity index (χ4n) is 2.02. The van der Waals surface area contributed by atoms with Gasteiger partial charge in [0.25, 0.3) is 5.91 Å². The third-order valence-electron chi connectivity index (χ3n) is 3.30. The molecule has 2 amide bonds. The van der Waals surface area contributed by atoms with Gasteiger partial charge in [0.2, 0.25) is 5.91 Å². The van der Waals surface area contributed by atoms with Crippen LogP contribution in [0.5, 0.6) is 0 Å². The first-order chi connectivity index (χ1) is 12.6. The topological polar surface area (TPSA) is 106 Å². The average Bonchev–Trinajstić information content (AvgIpc) is 2.66. The van der Waals surface area contributed by atoms with Crippen LogP contribution >= 0.6 is 0 Å². The molecule has 0 heterocycles. The number of nitrogens with one attached hydrogen (secondary N) is 2. The number of hydroxylamine groups is 1. The van der Waals surface area contributed by atoms with Crippen molar-refractivity contribution in [2.75, 3.05) is 34.2 Å². The summed E-state index contributed by atoms with van der Waals surface area (Å²) in [7, 11) is 3.06. The molecule has 0 saturated carbocycles. The summed E-state index contributed by atoms with van der Waals surface area (Å²) in [5, 5.41) is 11.4. The number of amides is 2. The number of carbonyl (C=O) groups excluding carboxylic acids is 2. The fraction of sp³-hybridized carbons (Fsp3) is 0.444. The normalized spacial score (nSPS) is 11.2. The Morgan fingerprint density at radius 1 is 1.19 bits per heavy atom. The maximum absolute atomic E-state index is 12.4. The largest absolute Gasteiger partial charge is 0.372 e. The minimum Gasteiger partial charge on any atom is -0.372 e. The molecular formula is C18H24N2O6. The highest BCUT2D eigenvalue weighted by molar-refractivity contribution is 5.94. The summed E-state index contributed by atoms with van der Waals surface area (Å²) in [4.78, 5) is 23.6. The van der Waals surface area contributed by atoms with Crippen molar-refractivity contribution in [3.63, 3.8) is 0 Å². The van der Waals surface area contributed by atoms with Gasteiger partial charge in [-0.2, -0.15) is 0 Å². The van der Waals surface area contributed by atoms with Gasteiger partial charge in [-0.1, -0.05) is 11.8 Å². The van der Waals surface area contributed by atoms with Crippen LogP contribution < -0.4 is 10.8 Å². The van der Waals surface area contributed by atoms with Crippen molar-refractivity contribution in [3.05, 3.63) is 35.4 Å². The number of methoxy groups -OCH3 is 2. The van der Waals surface area contributed by atoms with Crippen LogP contribution in [0.3, 0.4) is 0 Å². The average molecular weight is 364 g/mol. The number of ether oxygens (including phenoxy) is 3. The number of rotatable bonds is 10. The zero-order valence-electron chi connectivity index (χ0n) is 14.9. The van der Waals surface area contributed by atoms with E-state index in [1.165, 1.54) is 7.11 Å². The molecule has 1 aromatic rings. The molecule has 0 radical (unpaired) electrons. The highest BCUT2D eigenvalue weighted by atomic mass is 16.7. The van der Waals surface area contributed by atoms with Crippen molar-refractivity contribution < 1.29 is 29.0 Å². The van der Waals surface area contributed by atoms with E-state index in [2.05, 4.69) is 17.2 Å². The standard InChI is InChI=1S/C18H24N2O6/c1-24-11-3-4-14-5-7-15(8-6-14)18(22)19-16(12-26-13-25-2)9-10-17(21)20-23/h5-8,16,23H,9-13H2,1-2H3,(H,19,22)(H,20,21)/t16-/m1/s1. The Balaban J connectivity index is 2.65. The summed E-state index contributed by atoms with van der Waals surface area (Å²) in [6.45, 7) is 0.596. The minimum absolute atomic E-state index is 0.0474. The number of carbonyl (C=O) groups is 2. The van der Waals surface area contributed by atoms with E-state index >= 15 is 0 Å². The number of benzene rings is 1. The smallest absolute Gasteiger partial charge is 0.251 e. The Kier molecular flexibility index (Phi) is 10.7. The highest BCUT2D eigenvalue weighted by Gasteiger charge is 2.15. The fourth-order valence-corrected chi connectivity index (χ4v) is 2.02. The van der Waals surface area contributed by atoms with E-state index < -0.39 is 11.9 Å². The second-order valence-electron chi connectivity index (χ2n) is 5.33. The monoisotopic (exact) mass is 364 g/mol. The van der Waals surface area contributed by atoms with E-state index in [4.69, 9.17) is 19.4 Å². The predicted octanol–water partition coefficient (Wildman–Crippen LogP) is 0.689. The zero-order valence-corrected chi connectivity index (χ0v) is 14.9. The van der Waals surface area contributed by atoms with E-state index in [0.717, 1.165) is 5.56 Å². The molecule has 0 spiro atoms. The van der Waals surface area contributed by atoms with Crippen LogP contribution in [0.1, 0.15) is 28.8 Å². The van der Waals surface area contributed by atoms with Gasteiger partial charge in [0.1, 0.15) is 13.4 Å². The van der Waals surface area contributed by atoms with Crippen LogP contribution in [-0.4, -0.2) is 57.3 Å². The highest BCUT2D eigenvalue weighted by Crippen LogP contribution is 2.06. The molecule has 0 aliphatic heterocycles. The molecule has 26 heavy (non-hydrogen) atoms. The summed E-state index contributed by atoms with van der Waals surface area (Å²) in [6, 6.07) is 6.41. The molecule has 0 bridgehead atoms. The quantitative estimate of drug-likeness (QED) is 0.185. The Bertz CT molecular complexity index is 621. The Morgan fingerprint density at radius 2 is 1.92 bits per heavy atom. The molecule has 0 fully saturated rings. The molecule has 0 unspecified atom stereocenters. The van der Waals surface area contributed by atoms with Gasteiger partial charge in [0.05, 0.1) is 12.6 Å². The van der Waals surface area contributed by atoms with Gasteiger partial charge in [-0.15, -0.1) is 0 Å². The van der Waals surface area contributed by atoms with Gasteiger partial charge < -0.3 is 19.5 Å². The van der Waals surface area contributed by atoms with Crippen LogP contribution in [0.25, 0.3) is 0 Å². The van der Waals surface area contributed by atoms with E-state index in [1.807, 2.05) is 0 Å². The lowest BCUT2D eigenvalue weighted by Crippen LogP contribution is -2.39. The summed E-state index contributed by atoms with van der Waals surface area (Å²) >= 11 is 0. The number of hydrogen-bond donors (Lipinski definition) is 3. The summed E-state index contributed by atoms with van der Waals surface area (Å²) in [5.74, 6) is 4.92. The third kappa shape index (κ3) is 8.60. The second kappa shape index (κ2) is 12.9. The summed E-state index contributed by atoms with van der Waals surface area (Å²) in [5.41, 5.74) is 2.80. The van der Waals surface area contributed by atoms with Gasteiger partial charge in [0.15, 0.2) is 0 Å². The molecule has 1 aromatic carbocycles. The van der Waals surface area contributed by atoms with Gasteiger partial charge in [-0.25, -0.2) is 5.48 Å². The van der Waals surface area contributed by atoms with Crippen LogP contribution in [0, 0.1) is 11.8 Å². The molecule has 0 aliphatic carbocycles. The Morgan fingerprint density at radius 3 is 2.54 bits per heavy atom. The Hall–Kier alpha value is -2.44.